The van der Waals surface area contributed by atoms with Crippen LogP contribution in [-0.4, -0.2) is 85.8 Å². The number of piperazine rings is 1. The number of sulfonamides is 1. The normalized spacial score (nSPS) is 20.6. The lowest BCUT2D eigenvalue weighted by molar-refractivity contribution is 0.128. The minimum atomic E-state index is -3.28. The molecule has 0 amide bonds. The number of anilines is 3. The molecule has 230 valence electrons. The summed E-state index contributed by atoms with van der Waals surface area (Å²) in [7, 11) is 0.0655. The summed E-state index contributed by atoms with van der Waals surface area (Å²) in [5, 5.41) is 3.84. The predicted octanol–water partition coefficient (Wildman–Crippen LogP) is 5.74. The number of nitrogens with zero attached hydrogens (tertiary/aromatic N) is 5. The Morgan fingerprint density at radius 3 is 2.41 bits per heavy atom. The van der Waals surface area contributed by atoms with Gasteiger partial charge in [-0.15, -0.1) is 0 Å². The lowest BCUT2D eigenvalue weighted by atomic mass is 9.81. The number of halogens is 1. The van der Waals surface area contributed by atoms with Crippen LogP contribution in [0.15, 0.2) is 18.3 Å². The van der Waals surface area contributed by atoms with Crippen molar-refractivity contribution < 1.29 is 13.2 Å². The number of ether oxygens (including phenoxy) is 1. The fourth-order valence-electron chi connectivity index (χ4n) is 6.03. The molecule has 1 aliphatic heterocycles. The molecular weight excluding hydrogens is 560 g/mol. The van der Waals surface area contributed by atoms with Crippen LogP contribution in [0.3, 0.4) is 0 Å². The smallest absolute Gasteiger partial charge is 0.227 e. The van der Waals surface area contributed by atoms with Crippen LogP contribution in [0.5, 0.6) is 5.75 Å². The van der Waals surface area contributed by atoms with E-state index in [4.69, 9.17) is 21.3 Å². The summed E-state index contributed by atoms with van der Waals surface area (Å²) >= 11 is 6.55. The first-order valence-electron chi connectivity index (χ1n) is 14.2. The van der Waals surface area contributed by atoms with E-state index in [9.17, 15) is 8.42 Å². The third kappa shape index (κ3) is 8.03. The number of hydrogen-bond acceptors (Lipinski definition) is 8. The van der Waals surface area contributed by atoms with Crippen molar-refractivity contribution in [2.24, 2.45) is 5.92 Å². The minimum absolute atomic E-state index is 0. The maximum atomic E-state index is 12.3. The molecule has 2 heterocycles. The summed E-state index contributed by atoms with van der Waals surface area (Å²) in [6.45, 7) is 12.9. The van der Waals surface area contributed by atoms with Gasteiger partial charge in [-0.05, 0) is 64.5 Å². The van der Waals surface area contributed by atoms with E-state index in [0.717, 1.165) is 74.6 Å². The second-order valence-electron chi connectivity index (χ2n) is 12.2. The highest BCUT2D eigenvalue weighted by Gasteiger charge is 2.33. The third-order valence-electron chi connectivity index (χ3n) is 8.46. The van der Waals surface area contributed by atoms with Crippen molar-refractivity contribution >= 4 is 38.9 Å². The van der Waals surface area contributed by atoms with Crippen LogP contribution in [0.25, 0.3) is 0 Å². The van der Waals surface area contributed by atoms with Gasteiger partial charge in [-0.1, -0.05) is 31.9 Å². The number of nitrogens with one attached hydrogen (secondary N) is 1. The van der Waals surface area contributed by atoms with Gasteiger partial charge in [0.05, 0.1) is 36.0 Å². The molecule has 0 unspecified atom stereocenters. The van der Waals surface area contributed by atoms with Crippen molar-refractivity contribution in [3.05, 3.63) is 34.6 Å². The quantitative estimate of drug-likeness (QED) is 0.406. The molecule has 1 aromatic heterocycles. The van der Waals surface area contributed by atoms with Gasteiger partial charge in [-0.2, -0.15) is 0 Å². The van der Waals surface area contributed by atoms with E-state index >= 15 is 0 Å². The zero-order chi connectivity index (χ0) is 29.2. The molecule has 1 saturated carbocycles. The van der Waals surface area contributed by atoms with Gasteiger partial charge in [0, 0.05) is 56.6 Å². The minimum Gasteiger partial charge on any atom is -0.494 e. The molecule has 2 fully saturated rings. The van der Waals surface area contributed by atoms with Crippen LogP contribution in [0.2, 0.25) is 5.02 Å². The molecule has 9 nitrogen and oxygen atoms in total. The number of aryl methyl sites for hydroxylation is 1. The van der Waals surface area contributed by atoms with Gasteiger partial charge in [-0.25, -0.2) is 22.7 Å². The maximum absolute atomic E-state index is 12.3. The number of rotatable bonds is 8. The Labute approximate surface area is 252 Å². The lowest BCUT2D eigenvalue weighted by Gasteiger charge is -2.43. The summed E-state index contributed by atoms with van der Waals surface area (Å²) in [6.07, 6.45) is 7.35. The molecule has 1 aromatic carbocycles. The predicted molar refractivity (Wildman–Crippen MR) is 170 cm³/mol. The Kier molecular flexibility index (Phi) is 10.9. The Hall–Kier alpha value is -2.14. The second-order valence-corrected chi connectivity index (χ2v) is 14.6. The van der Waals surface area contributed by atoms with E-state index in [-0.39, 0.29) is 24.9 Å². The van der Waals surface area contributed by atoms with Gasteiger partial charge in [0.15, 0.2) is 0 Å². The average molecular weight is 609 g/mol. The summed E-state index contributed by atoms with van der Waals surface area (Å²) < 4.78 is 31.8. The molecule has 0 radical (unpaired) electrons. The van der Waals surface area contributed by atoms with E-state index < -0.39 is 10.0 Å². The van der Waals surface area contributed by atoms with Crippen LogP contribution in [0.4, 0.5) is 17.3 Å². The molecule has 2 atom stereocenters. The van der Waals surface area contributed by atoms with Crippen molar-refractivity contribution in [2.75, 3.05) is 56.8 Å². The van der Waals surface area contributed by atoms with E-state index in [0.29, 0.717) is 17.4 Å². The first-order chi connectivity index (χ1) is 18.8. The van der Waals surface area contributed by atoms with Crippen LogP contribution in [-0.2, 0) is 16.4 Å². The van der Waals surface area contributed by atoms with Gasteiger partial charge in [0.2, 0.25) is 16.0 Å². The Balaban J connectivity index is 0.00000462. The molecule has 1 aliphatic carbocycles. The Morgan fingerprint density at radius 2 is 1.80 bits per heavy atom. The zero-order valence-electron chi connectivity index (χ0n) is 25.0. The van der Waals surface area contributed by atoms with E-state index in [1.165, 1.54) is 16.2 Å². The van der Waals surface area contributed by atoms with E-state index in [1.807, 2.05) is 0 Å². The van der Waals surface area contributed by atoms with E-state index in [2.05, 4.69) is 59.9 Å². The van der Waals surface area contributed by atoms with Crippen molar-refractivity contribution in [1.82, 2.24) is 19.2 Å². The van der Waals surface area contributed by atoms with Crippen LogP contribution in [0, 0.1) is 12.8 Å². The molecule has 2 aromatic rings. The van der Waals surface area contributed by atoms with Gasteiger partial charge in [0.1, 0.15) is 5.75 Å². The highest BCUT2D eigenvalue weighted by Crippen LogP contribution is 2.36. The molecular formula is C30H49ClN6O3S. The fraction of sp³-hybridized carbons (Fsp3) is 0.667. The average Bonchev–Trinajstić information content (AvgIpc) is 2.90. The van der Waals surface area contributed by atoms with Gasteiger partial charge in [0.25, 0.3) is 0 Å². The summed E-state index contributed by atoms with van der Waals surface area (Å²) in [5.74, 6) is 1.30. The maximum Gasteiger partial charge on any atom is 0.227 e. The summed E-state index contributed by atoms with van der Waals surface area (Å²) in [4.78, 5) is 14.2. The molecule has 0 spiro atoms. The highest BCUT2D eigenvalue weighted by molar-refractivity contribution is 7.88. The van der Waals surface area contributed by atoms with Crippen LogP contribution in [0.1, 0.15) is 65.1 Å². The molecule has 41 heavy (non-hydrogen) atoms. The lowest BCUT2D eigenvalue weighted by Crippen LogP contribution is -2.53. The van der Waals surface area contributed by atoms with Gasteiger partial charge in [-0.3, -0.25) is 4.90 Å². The summed E-state index contributed by atoms with van der Waals surface area (Å²) in [5.41, 5.74) is 4.01. The third-order valence-corrected chi connectivity index (χ3v) is 10.1. The monoisotopic (exact) mass is 608 g/mol. The molecule has 1 N–H and O–H groups in total. The topological polar surface area (TPSA) is 90.9 Å². The van der Waals surface area contributed by atoms with Gasteiger partial charge < -0.3 is 15.0 Å². The molecule has 4 rings (SSSR count). The number of aromatic nitrogens is 2. The zero-order valence-corrected chi connectivity index (χ0v) is 26.6. The van der Waals surface area contributed by atoms with Crippen molar-refractivity contribution in [1.29, 1.82) is 0 Å². The highest BCUT2D eigenvalue weighted by atomic mass is 35.5. The van der Waals surface area contributed by atoms with E-state index in [1.54, 1.807) is 20.4 Å². The SMILES string of the molecule is C.COc1cc(N2CCN(C(C)(C)C)CC2)c(C)cc1Nc1ncc(Cl)c(C[C@@H]2CCCC[C@H]2N(C)S(C)(=O)=O)n1. The second kappa shape index (κ2) is 13.4. The Morgan fingerprint density at radius 1 is 1.15 bits per heavy atom. The standard InChI is InChI=1S/C29H45ClN6O3S.CH4/c1-20-16-24(27(39-6)18-26(20)35-12-14-36(15-13-35)29(2,3)4)33-28-31-19-22(30)23(32-28)17-21-10-8-9-11-25(21)34(5)40(7,37)38;/h16,18-19,21,25H,8-15,17H2,1-7H3,(H,31,32,33);1H4/t21-,25+;/m0./s1. The largest absolute Gasteiger partial charge is 0.494 e. The van der Waals surface area contributed by atoms with Crippen molar-refractivity contribution in [2.45, 2.75) is 78.8 Å². The number of hydrogen-bond donors (Lipinski definition) is 1. The van der Waals surface area contributed by atoms with Crippen LogP contribution >= 0.6 is 11.6 Å². The fourth-order valence-corrected chi connectivity index (χ4v) is 6.97. The Bertz CT molecular complexity index is 1290. The molecule has 11 heteroatoms. The molecule has 1 saturated heterocycles. The molecule has 0 bridgehead atoms. The van der Waals surface area contributed by atoms with Crippen molar-refractivity contribution in [3.63, 3.8) is 0 Å². The van der Waals surface area contributed by atoms with Gasteiger partial charge >= 0.3 is 0 Å². The number of methoxy groups -OCH3 is 1. The van der Waals surface area contributed by atoms with Crippen LogP contribution < -0.4 is 15.0 Å². The summed E-state index contributed by atoms with van der Waals surface area (Å²) in [6, 6.07) is 4.11. The van der Waals surface area contributed by atoms with Crippen molar-refractivity contribution in [3.8, 4) is 5.75 Å². The first-order valence-corrected chi connectivity index (χ1v) is 16.4. The first kappa shape index (κ1) is 33.4. The molecule has 2 aliphatic rings. The number of benzene rings is 1.